The Hall–Kier alpha value is -3.92. The number of nitrogen functional groups attached to an aromatic ring is 1. The molecule has 0 saturated carbocycles. The van der Waals surface area contributed by atoms with Crippen LogP contribution in [0.1, 0.15) is 35.7 Å². The second kappa shape index (κ2) is 9.38. The van der Waals surface area contributed by atoms with Crippen LogP contribution in [-0.2, 0) is 14.1 Å². The van der Waals surface area contributed by atoms with Crippen molar-refractivity contribution in [2.75, 3.05) is 11.5 Å². The predicted molar refractivity (Wildman–Crippen MR) is 138 cm³/mol. The van der Waals surface area contributed by atoms with Crippen molar-refractivity contribution in [3.05, 3.63) is 90.8 Å². The molecule has 180 valence electrons. The van der Waals surface area contributed by atoms with E-state index in [1.54, 1.807) is 24.3 Å². The summed E-state index contributed by atoms with van der Waals surface area (Å²) in [7, 11) is 2.68. The van der Waals surface area contributed by atoms with E-state index < -0.39 is 17.0 Å². The van der Waals surface area contributed by atoms with Crippen molar-refractivity contribution in [1.29, 1.82) is 0 Å². The molecule has 2 aromatic heterocycles. The molecule has 2 aromatic carbocycles. The maximum Gasteiger partial charge on any atom is 0.332 e. The smallest absolute Gasteiger partial charge is 0.332 e. The Morgan fingerprint density at radius 1 is 0.971 bits per heavy atom. The maximum absolute atomic E-state index is 13.4. The van der Waals surface area contributed by atoms with Gasteiger partial charge in [-0.15, -0.1) is 0 Å². The van der Waals surface area contributed by atoms with Gasteiger partial charge in [-0.25, -0.2) is 9.78 Å². The second-order valence-electron chi connectivity index (χ2n) is 8.48. The summed E-state index contributed by atoms with van der Waals surface area (Å²) < 4.78 is 3.36. The van der Waals surface area contributed by atoms with Gasteiger partial charge < -0.3 is 5.73 Å². The fraction of sp³-hybridized carbons (Fsp3) is 0.240. The van der Waals surface area contributed by atoms with Gasteiger partial charge in [-0.05, 0) is 35.7 Å². The third-order valence-corrected chi connectivity index (χ3v) is 6.82. The zero-order valence-corrected chi connectivity index (χ0v) is 20.6. The highest BCUT2D eigenvalue weighted by Gasteiger charge is 2.22. The van der Waals surface area contributed by atoms with Crippen molar-refractivity contribution < 1.29 is 4.79 Å². The summed E-state index contributed by atoms with van der Waals surface area (Å²) in [5.41, 5.74) is 6.26. The second-order valence-corrected chi connectivity index (χ2v) is 9.42. The topological polar surface area (TPSA) is 122 Å². The zero-order chi connectivity index (χ0) is 25.4. The molecule has 0 fully saturated rings. The summed E-state index contributed by atoms with van der Waals surface area (Å²) in [6.45, 7) is 4.17. The van der Waals surface area contributed by atoms with Crippen molar-refractivity contribution in [2.24, 2.45) is 14.1 Å². The minimum Gasteiger partial charge on any atom is -0.384 e. The molecular formula is C25H25N5O4S. The summed E-state index contributed by atoms with van der Waals surface area (Å²) in [6, 6.07) is 14.6. The summed E-state index contributed by atoms with van der Waals surface area (Å²) in [5, 5.41) is 0.756. The van der Waals surface area contributed by atoms with Gasteiger partial charge in [0.2, 0.25) is 0 Å². The molecule has 0 radical (unpaired) electrons. The minimum absolute atomic E-state index is 0.197. The quantitative estimate of drug-likeness (QED) is 0.250. The Morgan fingerprint density at radius 3 is 2.29 bits per heavy atom. The molecule has 2 N–H and O–H groups in total. The van der Waals surface area contributed by atoms with Crippen LogP contribution in [0.15, 0.2) is 68.1 Å². The van der Waals surface area contributed by atoms with Crippen LogP contribution in [-0.4, -0.2) is 30.2 Å². The van der Waals surface area contributed by atoms with E-state index in [1.165, 1.54) is 18.7 Å². The van der Waals surface area contributed by atoms with Gasteiger partial charge in [-0.3, -0.25) is 28.1 Å². The number of fused-ring (bicyclic) bond motifs is 1. The van der Waals surface area contributed by atoms with Gasteiger partial charge in [-0.2, -0.15) is 0 Å². The van der Waals surface area contributed by atoms with Crippen LogP contribution >= 0.6 is 11.8 Å². The maximum atomic E-state index is 13.4. The lowest BCUT2D eigenvalue weighted by molar-refractivity contribution is 0.102. The number of hydrogen-bond acceptors (Lipinski definition) is 7. The molecule has 0 aliphatic rings. The highest BCUT2D eigenvalue weighted by atomic mass is 32.2. The average molecular weight is 492 g/mol. The molecule has 4 aromatic rings. The fourth-order valence-corrected chi connectivity index (χ4v) is 4.65. The number of aromatic nitrogens is 4. The van der Waals surface area contributed by atoms with Crippen LogP contribution in [0.25, 0.3) is 16.6 Å². The lowest BCUT2D eigenvalue weighted by Gasteiger charge is -2.15. The van der Waals surface area contributed by atoms with Crippen LogP contribution in [0, 0.1) is 0 Å². The lowest BCUT2D eigenvalue weighted by atomic mass is 10.0. The molecule has 0 spiro atoms. The van der Waals surface area contributed by atoms with Crippen molar-refractivity contribution in [3.63, 3.8) is 0 Å². The van der Waals surface area contributed by atoms with Gasteiger partial charge in [0.25, 0.3) is 11.1 Å². The molecule has 2 heterocycles. The summed E-state index contributed by atoms with van der Waals surface area (Å²) in [5.74, 6) is -0.631. The molecule has 0 bridgehead atoms. The van der Waals surface area contributed by atoms with E-state index in [0.717, 1.165) is 26.5 Å². The molecule has 0 amide bonds. The molecule has 0 aliphatic carbocycles. The largest absolute Gasteiger partial charge is 0.384 e. The number of Topliss-reactive ketones (excluding diaryl/α,β-unsaturated/α-hetero) is 1. The van der Waals surface area contributed by atoms with Crippen LogP contribution < -0.4 is 22.5 Å². The molecule has 0 atom stereocenters. The summed E-state index contributed by atoms with van der Waals surface area (Å²) in [4.78, 5) is 55.8. The third-order valence-electron chi connectivity index (χ3n) is 5.88. The number of nitrogens with two attached hydrogens (primary N) is 1. The van der Waals surface area contributed by atoms with E-state index in [-0.39, 0.29) is 22.7 Å². The number of carbonyl (C=O) groups is 1. The summed E-state index contributed by atoms with van der Waals surface area (Å²) >= 11 is 1.03. The van der Waals surface area contributed by atoms with Gasteiger partial charge in [-0.1, -0.05) is 49.9 Å². The molecule has 0 saturated heterocycles. The fourth-order valence-electron chi connectivity index (χ4n) is 3.77. The standard InChI is InChI=1S/C25H25N5O4S/c1-14(2)15-9-11-16(12-10-15)30-22(32)17-7-5-6-8-18(17)27-24(30)35-13-19(31)20-21(26)28(3)25(34)29(4)23(20)33/h5-12,14H,13,26H2,1-4H3. The van der Waals surface area contributed by atoms with Gasteiger partial charge in [0.15, 0.2) is 10.9 Å². The molecule has 35 heavy (non-hydrogen) atoms. The van der Waals surface area contributed by atoms with Gasteiger partial charge >= 0.3 is 5.69 Å². The first kappa shape index (κ1) is 24.2. The first-order valence-corrected chi connectivity index (χ1v) is 11.9. The predicted octanol–water partition coefficient (Wildman–Crippen LogP) is 2.46. The Morgan fingerprint density at radius 2 is 1.63 bits per heavy atom. The number of carbonyl (C=O) groups excluding carboxylic acids is 1. The lowest BCUT2D eigenvalue weighted by Crippen LogP contribution is -2.41. The number of anilines is 1. The average Bonchev–Trinajstić information content (AvgIpc) is 2.85. The van der Waals surface area contributed by atoms with E-state index in [2.05, 4.69) is 18.8 Å². The molecule has 0 aliphatic heterocycles. The molecular weight excluding hydrogens is 466 g/mol. The zero-order valence-electron chi connectivity index (χ0n) is 19.8. The Labute approximate surface area is 204 Å². The highest BCUT2D eigenvalue weighted by Crippen LogP contribution is 2.24. The van der Waals surface area contributed by atoms with E-state index >= 15 is 0 Å². The number of nitrogens with zero attached hydrogens (tertiary/aromatic N) is 4. The molecule has 4 rings (SSSR count). The van der Waals surface area contributed by atoms with Crippen molar-refractivity contribution >= 4 is 34.3 Å². The van der Waals surface area contributed by atoms with Crippen LogP contribution in [0.3, 0.4) is 0 Å². The number of ketones is 1. The first-order chi connectivity index (χ1) is 16.6. The Balaban J connectivity index is 1.79. The van der Waals surface area contributed by atoms with E-state index in [4.69, 9.17) is 5.73 Å². The highest BCUT2D eigenvalue weighted by molar-refractivity contribution is 7.99. The van der Waals surface area contributed by atoms with Crippen molar-refractivity contribution in [1.82, 2.24) is 18.7 Å². The van der Waals surface area contributed by atoms with Crippen LogP contribution in [0.5, 0.6) is 0 Å². The number of rotatable bonds is 6. The molecule has 10 heteroatoms. The summed E-state index contributed by atoms with van der Waals surface area (Å²) in [6.07, 6.45) is 0. The first-order valence-electron chi connectivity index (χ1n) is 11.0. The van der Waals surface area contributed by atoms with E-state index in [9.17, 15) is 19.2 Å². The van der Waals surface area contributed by atoms with E-state index in [1.807, 2.05) is 24.3 Å². The Bertz CT molecular complexity index is 1630. The van der Waals surface area contributed by atoms with Gasteiger partial charge in [0, 0.05) is 14.1 Å². The number of hydrogen-bond donors (Lipinski definition) is 1. The van der Waals surface area contributed by atoms with Crippen LogP contribution in [0.2, 0.25) is 0 Å². The van der Waals surface area contributed by atoms with Crippen LogP contribution in [0.4, 0.5) is 5.82 Å². The number of para-hydroxylation sites is 1. The number of thioether (sulfide) groups is 1. The third kappa shape index (κ3) is 4.32. The van der Waals surface area contributed by atoms with Gasteiger partial charge in [0.05, 0.1) is 22.3 Å². The SMILES string of the molecule is CC(C)c1ccc(-n2c(SCC(=O)c3c(N)n(C)c(=O)n(C)c3=O)nc3ccccc3c2=O)cc1. The van der Waals surface area contributed by atoms with E-state index in [0.29, 0.717) is 27.7 Å². The minimum atomic E-state index is -0.760. The van der Waals surface area contributed by atoms with Crippen molar-refractivity contribution in [2.45, 2.75) is 24.9 Å². The molecule has 9 nitrogen and oxygen atoms in total. The molecule has 0 unspecified atom stereocenters. The number of benzene rings is 2. The normalized spacial score (nSPS) is 11.3. The Kier molecular flexibility index (Phi) is 6.49. The van der Waals surface area contributed by atoms with Crippen molar-refractivity contribution in [3.8, 4) is 5.69 Å². The monoisotopic (exact) mass is 491 g/mol. The van der Waals surface area contributed by atoms with Gasteiger partial charge in [0.1, 0.15) is 11.4 Å².